The largest absolute Gasteiger partial charge is 0.508 e. The number of carbonyl (C=O) groups is 4. The quantitative estimate of drug-likeness (QED) is 0.303. The van der Waals surface area contributed by atoms with Gasteiger partial charge in [0.25, 0.3) is 5.91 Å². The van der Waals surface area contributed by atoms with Crippen molar-refractivity contribution in [2.75, 3.05) is 19.4 Å². The summed E-state index contributed by atoms with van der Waals surface area (Å²) in [5.41, 5.74) is 4.16. The SMILES string of the molecule is C.CC(=O)Nc1ccc(-c2ccc(O)c3c2C[C@H]2C[C@H]4[C@H](N(C)C)C(=O)C(C(N)=O)=C(O)[C@@]4(O)C(=O)C2=C3O)cc1. The molecule has 0 unspecified atom stereocenters. The number of hydrogen-bond acceptors (Lipinski definition) is 9. The summed E-state index contributed by atoms with van der Waals surface area (Å²) in [6, 6.07) is 8.88. The number of hydrogen-bond donors (Lipinski definition) is 6. The van der Waals surface area contributed by atoms with Crippen LogP contribution in [0.3, 0.4) is 0 Å². The Morgan fingerprint density at radius 3 is 2.24 bits per heavy atom. The first-order chi connectivity index (χ1) is 18.8. The molecule has 0 aliphatic heterocycles. The third-order valence-corrected chi connectivity index (χ3v) is 8.12. The normalized spacial score (nSPS) is 25.2. The number of aromatic hydroxyl groups is 1. The van der Waals surface area contributed by atoms with Crippen molar-refractivity contribution in [3.63, 3.8) is 0 Å². The molecule has 2 aromatic carbocycles. The van der Waals surface area contributed by atoms with Crippen molar-refractivity contribution < 1.29 is 39.6 Å². The fraction of sp³-hybridized carbons (Fsp3) is 0.333. The number of fused-ring (bicyclic) bond motifs is 3. The lowest BCUT2D eigenvalue weighted by Crippen LogP contribution is -2.65. The molecule has 0 saturated heterocycles. The number of nitrogens with one attached hydrogen (secondary N) is 1. The summed E-state index contributed by atoms with van der Waals surface area (Å²) in [4.78, 5) is 52.1. The lowest BCUT2D eigenvalue weighted by Gasteiger charge is -2.50. The Bertz CT molecular complexity index is 1560. The summed E-state index contributed by atoms with van der Waals surface area (Å²) in [6.45, 7) is 1.40. The fourth-order valence-electron chi connectivity index (χ4n) is 6.45. The van der Waals surface area contributed by atoms with E-state index in [1.54, 1.807) is 44.4 Å². The zero-order chi connectivity index (χ0) is 29.3. The summed E-state index contributed by atoms with van der Waals surface area (Å²) in [5.74, 6) is -7.16. The van der Waals surface area contributed by atoms with E-state index in [1.807, 2.05) is 0 Å². The number of carbonyl (C=O) groups excluding carboxylic acids is 4. The number of nitrogens with two attached hydrogens (primary N) is 1. The smallest absolute Gasteiger partial charge is 0.255 e. The molecule has 41 heavy (non-hydrogen) atoms. The average molecular weight is 564 g/mol. The second-order valence-electron chi connectivity index (χ2n) is 10.7. The number of nitrogens with zero attached hydrogens (tertiary/aromatic N) is 1. The molecule has 0 spiro atoms. The van der Waals surface area contributed by atoms with Crippen LogP contribution in [-0.4, -0.2) is 74.4 Å². The van der Waals surface area contributed by atoms with Crippen LogP contribution in [0.4, 0.5) is 5.69 Å². The first kappa shape index (κ1) is 29.5. The van der Waals surface area contributed by atoms with E-state index < -0.39 is 58.0 Å². The lowest BCUT2D eigenvalue weighted by molar-refractivity contribution is -0.153. The van der Waals surface area contributed by atoms with Crippen LogP contribution in [0.5, 0.6) is 5.75 Å². The highest BCUT2D eigenvalue weighted by Gasteiger charge is 2.64. The van der Waals surface area contributed by atoms with Crippen LogP contribution in [0, 0.1) is 11.8 Å². The van der Waals surface area contributed by atoms with Crippen molar-refractivity contribution in [3.05, 3.63) is 64.4 Å². The molecule has 0 bridgehead atoms. The van der Waals surface area contributed by atoms with Crippen LogP contribution in [0.1, 0.15) is 31.9 Å². The molecule has 5 rings (SSSR count). The number of phenolic OH excluding ortho intramolecular Hbond substituents is 1. The molecule has 0 heterocycles. The zero-order valence-corrected chi connectivity index (χ0v) is 22.1. The standard InChI is InChI=1S/C29H29N3O8.CH4/c1-12(33)31-15-6-4-13(5-7-15)16-8-9-19(34)21-17(16)10-14-11-18-23(32(2)3)25(36)22(28(30)39)27(38)29(18,40)26(37)20(14)24(21)35;/h4-9,14,18,23,34-35,38,40H,10-11H2,1-3H3,(H2,30,39)(H,31,33);1H4/t14-,18-,23-,29-;/m0./s1. The van der Waals surface area contributed by atoms with Gasteiger partial charge in [-0.05, 0) is 67.7 Å². The Balaban J connectivity index is 0.00000387. The van der Waals surface area contributed by atoms with E-state index in [0.717, 1.165) is 5.56 Å². The molecule has 1 saturated carbocycles. The Morgan fingerprint density at radius 1 is 1.05 bits per heavy atom. The number of benzene rings is 2. The Labute approximate surface area is 236 Å². The van der Waals surface area contributed by atoms with E-state index in [4.69, 9.17) is 5.73 Å². The molecule has 0 aromatic heterocycles. The molecule has 11 nitrogen and oxygen atoms in total. The molecule has 2 amide bonds. The van der Waals surface area contributed by atoms with Gasteiger partial charge in [0.15, 0.2) is 11.4 Å². The second-order valence-corrected chi connectivity index (χ2v) is 10.7. The number of phenols is 1. The number of amides is 2. The Hall–Kier alpha value is -4.48. The number of primary amides is 1. The molecule has 0 radical (unpaired) electrons. The maximum Gasteiger partial charge on any atom is 0.255 e. The van der Waals surface area contributed by atoms with Gasteiger partial charge in [-0.25, -0.2) is 0 Å². The minimum absolute atomic E-state index is 0. The summed E-state index contributed by atoms with van der Waals surface area (Å²) in [7, 11) is 3.10. The Morgan fingerprint density at radius 2 is 1.68 bits per heavy atom. The average Bonchev–Trinajstić information content (AvgIpc) is 2.86. The molecule has 7 N–H and O–H groups in total. The maximum atomic E-state index is 13.9. The van der Waals surface area contributed by atoms with E-state index in [0.29, 0.717) is 16.8 Å². The van der Waals surface area contributed by atoms with Crippen molar-refractivity contribution in [2.24, 2.45) is 17.6 Å². The third-order valence-electron chi connectivity index (χ3n) is 8.12. The van der Waals surface area contributed by atoms with Gasteiger partial charge in [-0.2, -0.15) is 0 Å². The van der Waals surface area contributed by atoms with Crippen LogP contribution in [-0.2, 0) is 25.6 Å². The predicted octanol–water partition coefficient (Wildman–Crippen LogP) is 2.23. The number of ketones is 2. The van der Waals surface area contributed by atoms with E-state index in [1.165, 1.54) is 17.9 Å². The van der Waals surface area contributed by atoms with Gasteiger partial charge >= 0.3 is 0 Å². The van der Waals surface area contributed by atoms with Gasteiger partial charge in [0.1, 0.15) is 22.8 Å². The van der Waals surface area contributed by atoms with Crippen LogP contribution in [0.15, 0.2) is 53.3 Å². The van der Waals surface area contributed by atoms with Gasteiger partial charge in [-0.15, -0.1) is 0 Å². The van der Waals surface area contributed by atoms with Crippen LogP contribution >= 0.6 is 0 Å². The topological polar surface area (TPSA) is 190 Å². The van der Waals surface area contributed by atoms with E-state index in [2.05, 4.69) is 5.32 Å². The van der Waals surface area contributed by atoms with Gasteiger partial charge in [0, 0.05) is 24.1 Å². The minimum atomic E-state index is -2.68. The molecule has 3 aliphatic rings. The molecular formula is C30H33N3O8. The van der Waals surface area contributed by atoms with Gasteiger partial charge in [0.2, 0.25) is 11.7 Å². The van der Waals surface area contributed by atoms with E-state index >= 15 is 0 Å². The third kappa shape index (κ3) is 4.28. The monoisotopic (exact) mass is 563 g/mol. The summed E-state index contributed by atoms with van der Waals surface area (Å²) < 4.78 is 0. The molecular weight excluding hydrogens is 530 g/mol. The first-order valence-corrected chi connectivity index (χ1v) is 12.7. The summed E-state index contributed by atoms with van der Waals surface area (Å²) >= 11 is 0. The number of likely N-dealkylation sites (N-methyl/N-ethyl adjacent to an activating group) is 1. The first-order valence-electron chi connectivity index (χ1n) is 12.7. The van der Waals surface area contributed by atoms with Crippen molar-refractivity contribution >= 4 is 34.8 Å². The zero-order valence-electron chi connectivity index (χ0n) is 22.1. The number of aliphatic hydroxyl groups is 3. The number of anilines is 1. The molecule has 2 aromatic rings. The summed E-state index contributed by atoms with van der Waals surface area (Å²) in [5, 5.41) is 47.4. The lowest BCUT2D eigenvalue weighted by atomic mass is 9.57. The predicted molar refractivity (Wildman–Crippen MR) is 151 cm³/mol. The fourth-order valence-corrected chi connectivity index (χ4v) is 6.45. The van der Waals surface area contributed by atoms with Gasteiger partial charge in [-0.3, -0.25) is 24.1 Å². The van der Waals surface area contributed by atoms with Gasteiger partial charge in [-0.1, -0.05) is 25.6 Å². The van der Waals surface area contributed by atoms with Crippen molar-refractivity contribution in [1.82, 2.24) is 4.90 Å². The molecule has 216 valence electrons. The van der Waals surface area contributed by atoms with Crippen molar-refractivity contribution in [3.8, 4) is 16.9 Å². The molecule has 4 atom stereocenters. The van der Waals surface area contributed by atoms with Crippen molar-refractivity contribution in [2.45, 2.75) is 38.8 Å². The highest BCUT2D eigenvalue weighted by atomic mass is 16.3. The van der Waals surface area contributed by atoms with Crippen LogP contribution in [0.25, 0.3) is 16.9 Å². The molecule has 11 heteroatoms. The summed E-state index contributed by atoms with van der Waals surface area (Å²) in [6.07, 6.45) is 0.175. The van der Waals surface area contributed by atoms with Crippen LogP contribution in [0.2, 0.25) is 0 Å². The maximum absolute atomic E-state index is 13.9. The minimum Gasteiger partial charge on any atom is -0.508 e. The number of rotatable bonds is 4. The van der Waals surface area contributed by atoms with Crippen molar-refractivity contribution in [1.29, 1.82) is 0 Å². The molecule has 1 fully saturated rings. The van der Waals surface area contributed by atoms with Gasteiger partial charge < -0.3 is 31.5 Å². The Kier molecular flexibility index (Phi) is 7.32. The second kappa shape index (κ2) is 10.2. The molecule has 3 aliphatic carbocycles. The van der Waals surface area contributed by atoms with Gasteiger partial charge in [0.05, 0.1) is 11.6 Å². The highest BCUT2D eigenvalue weighted by Crippen LogP contribution is 2.53. The number of aliphatic hydroxyl groups excluding tert-OH is 2. The van der Waals surface area contributed by atoms with E-state index in [-0.39, 0.29) is 43.1 Å². The number of Topliss-reactive ketones (excluding diaryl/α,β-unsaturated/α-hetero) is 2. The highest BCUT2D eigenvalue weighted by molar-refractivity contribution is 6.24. The van der Waals surface area contributed by atoms with E-state index in [9.17, 15) is 39.6 Å². The van der Waals surface area contributed by atoms with Crippen LogP contribution < -0.4 is 11.1 Å².